The van der Waals surface area contributed by atoms with Gasteiger partial charge in [-0.2, -0.15) is 0 Å². The summed E-state index contributed by atoms with van der Waals surface area (Å²) in [5.41, 5.74) is 0.678. The zero-order valence-electron chi connectivity index (χ0n) is 6.54. The highest BCUT2D eigenvalue weighted by Gasteiger charge is 2.03. The molecule has 0 spiro atoms. The second-order valence-electron chi connectivity index (χ2n) is 2.47. The van der Waals surface area contributed by atoms with Gasteiger partial charge < -0.3 is 4.42 Å². The molecule has 0 saturated carbocycles. The largest absolute Gasteiger partial charge is 0.404 e. The maximum absolute atomic E-state index is 7.10. The van der Waals surface area contributed by atoms with Crippen molar-refractivity contribution in [3.63, 3.8) is 0 Å². The number of aromatic amines is 1. The second-order valence-corrected chi connectivity index (χ2v) is 2.91. The molecule has 0 atom stereocenters. The van der Waals surface area contributed by atoms with E-state index in [9.17, 15) is 0 Å². The summed E-state index contributed by atoms with van der Waals surface area (Å²) in [7, 11) is 0. The van der Waals surface area contributed by atoms with Crippen molar-refractivity contribution in [2.45, 2.75) is 0 Å². The van der Waals surface area contributed by atoms with Crippen LogP contribution in [0.2, 0.25) is 5.02 Å². The molecule has 0 aliphatic heterocycles. The average molecular weight is 196 g/mol. The van der Waals surface area contributed by atoms with Crippen molar-refractivity contribution in [3.8, 4) is 11.5 Å². The molecule has 0 aliphatic rings. The van der Waals surface area contributed by atoms with Gasteiger partial charge in [-0.25, -0.2) is 10.5 Å². The standard InChI is InChI=1S/C8H6ClN3O/c9-6-3-1-2-5(4-6)7-11-12-8(10)13-7/h1-4H,(H2,10,12). The molecule has 1 aromatic heterocycles. The first-order valence-corrected chi connectivity index (χ1v) is 3.99. The fraction of sp³-hybridized carbons (Fsp3) is 0. The molecular weight excluding hydrogens is 190 g/mol. The molecule has 4 nitrogen and oxygen atoms in total. The number of nitrogens with zero attached hydrogens (tertiary/aromatic N) is 1. The summed E-state index contributed by atoms with van der Waals surface area (Å²) in [4.78, 5) is 0. The van der Waals surface area contributed by atoms with Gasteiger partial charge in [-0.1, -0.05) is 17.7 Å². The summed E-state index contributed by atoms with van der Waals surface area (Å²) in [5, 5.41) is 13.9. The number of nitrogens with one attached hydrogen (secondary N) is 2. The van der Waals surface area contributed by atoms with Crippen LogP contribution in [0.4, 0.5) is 0 Å². The van der Waals surface area contributed by atoms with Crippen LogP contribution in [0.1, 0.15) is 0 Å². The number of hydrogen-bond donors (Lipinski definition) is 2. The van der Waals surface area contributed by atoms with E-state index in [0.717, 1.165) is 5.56 Å². The van der Waals surface area contributed by atoms with E-state index < -0.39 is 0 Å². The molecule has 13 heavy (non-hydrogen) atoms. The van der Waals surface area contributed by atoms with Crippen LogP contribution in [-0.4, -0.2) is 10.2 Å². The van der Waals surface area contributed by atoms with E-state index in [4.69, 9.17) is 21.4 Å². The summed E-state index contributed by atoms with van der Waals surface area (Å²) in [6.07, 6.45) is 0. The van der Waals surface area contributed by atoms with Crippen molar-refractivity contribution in [1.29, 1.82) is 5.41 Å². The first-order chi connectivity index (χ1) is 6.25. The van der Waals surface area contributed by atoms with E-state index in [0.29, 0.717) is 10.9 Å². The Labute approximate surface area is 78.7 Å². The Kier molecular flexibility index (Phi) is 1.90. The predicted molar refractivity (Wildman–Crippen MR) is 47.2 cm³/mol. The summed E-state index contributed by atoms with van der Waals surface area (Å²) >= 11 is 5.78. The Balaban J connectivity index is 2.52. The lowest BCUT2D eigenvalue weighted by Crippen LogP contribution is -1.94. The first kappa shape index (κ1) is 8.07. The maximum Gasteiger partial charge on any atom is 0.309 e. The third-order valence-electron chi connectivity index (χ3n) is 1.53. The number of rotatable bonds is 1. The number of hydrogen-bond acceptors (Lipinski definition) is 3. The van der Waals surface area contributed by atoms with E-state index in [1.807, 2.05) is 6.07 Å². The summed E-state index contributed by atoms with van der Waals surface area (Å²) in [6.45, 7) is 0. The van der Waals surface area contributed by atoms with Crippen LogP contribution in [0, 0.1) is 5.41 Å². The highest BCUT2D eigenvalue weighted by atomic mass is 35.5. The number of H-pyrrole nitrogens is 1. The van der Waals surface area contributed by atoms with Crippen LogP contribution < -0.4 is 5.68 Å². The normalized spacial score (nSPS) is 10.2. The SMILES string of the molecule is N=c1[nH]nc(-c2cccc(Cl)c2)o1. The van der Waals surface area contributed by atoms with Crippen LogP contribution in [-0.2, 0) is 0 Å². The van der Waals surface area contributed by atoms with Crippen molar-refractivity contribution < 1.29 is 4.42 Å². The Morgan fingerprint density at radius 3 is 2.92 bits per heavy atom. The highest BCUT2D eigenvalue weighted by Crippen LogP contribution is 2.18. The average Bonchev–Trinajstić information content (AvgIpc) is 2.52. The second kappa shape index (κ2) is 3.06. The number of halogens is 1. The summed E-state index contributed by atoms with van der Waals surface area (Å²) < 4.78 is 4.97. The molecule has 1 aromatic carbocycles. The van der Waals surface area contributed by atoms with Crippen LogP contribution in [0.3, 0.4) is 0 Å². The lowest BCUT2D eigenvalue weighted by atomic mass is 10.2. The first-order valence-electron chi connectivity index (χ1n) is 3.62. The van der Waals surface area contributed by atoms with Gasteiger partial charge >= 0.3 is 5.68 Å². The Hall–Kier alpha value is -1.55. The minimum Gasteiger partial charge on any atom is -0.404 e. The van der Waals surface area contributed by atoms with Crippen LogP contribution >= 0.6 is 11.6 Å². The van der Waals surface area contributed by atoms with E-state index in [1.165, 1.54) is 0 Å². The fourth-order valence-corrected chi connectivity index (χ4v) is 1.18. The summed E-state index contributed by atoms with van der Waals surface area (Å²) in [6, 6.07) is 7.09. The number of aromatic nitrogens is 2. The van der Waals surface area contributed by atoms with Crippen LogP contribution in [0.15, 0.2) is 28.7 Å². The van der Waals surface area contributed by atoms with Crippen molar-refractivity contribution in [3.05, 3.63) is 35.0 Å². The molecule has 0 bridgehead atoms. The number of benzene rings is 1. The molecular formula is C8H6ClN3O. The van der Waals surface area contributed by atoms with Gasteiger partial charge in [-0.15, -0.1) is 5.10 Å². The molecule has 66 valence electrons. The van der Waals surface area contributed by atoms with Gasteiger partial charge in [0, 0.05) is 10.6 Å². The molecule has 0 radical (unpaired) electrons. The van der Waals surface area contributed by atoms with Crippen molar-refractivity contribution in [2.75, 3.05) is 0 Å². The zero-order chi connectivity index (χ0) is 9.26. The van der Waals surface area contributed by atoms with Crippen LogP contribution in [0.25, 0.3) is 11.5 Å². The molecule has 2 aromatic rings. The fourth-order valence-electron chi connectivity index (χ4n) is 0.989. The lowest BCUT2D eigenvalue weighted by Gasteiger charge is -1.93. The van der Waals surface area contributed by atoms with Gasteiger partial charge in [-0.05, 0) is 18.2 Å². The lowest BCUT2D eigenvalue weighted by molar-refractivity contribution is 0.500. The minimum absolute atomic E-state index is 0.0741. The monoisotopic (exact) mass is 195 g/mol. The Morgan fingerprint density at radius 2 is 2.31 bits per heavy atom. The molecule has 2 N–H and O–H groups in total. The van der Waals surface area contributed by atoms with Gasteiger partial charge in [0.2, 0.25) is 5.89 Å². The Bertz CT molecular complexity index is 474. The van der Waals surface area contributed by atoms with Crippen LogP contribution in [0.5, 0.6) is 0 Å². The van der Waals surface area contributed by atoms with Crippen molar-refractivity contribution in [1.82, 2.24) is 10.2 Å². The van der Waals surface area contributed by atoms with E-state index in [2.05, 4.69) is 10.2 Å². The van der Waals surface area contributed by atoms with Crippen molar-refractivity contribution in [2.24, 2.45) is 0 Å². The smallest absolute Gasteiger partial charge is 0.309 e. The third-order valence-corrected chi connectivity index (χ3v) is 1.76. The highest BCUT2D eigenvalue weighted by molar-refractivity contribution is 6.30. The molecule has 0 saturated heterocycles. The van der Waals surface area contributed by atoms with E-state index >= 15 is 0 Å². The van der Waals surface area contributed by atoms with Crippen molar-refractivity contribution >= 4 is 11.6 Å². The van der Waals surface area contributed by atoms with Gasteiger partial charge in [0.25, 0.3) is 0 Å². The molecule has 0 amide bonds. The molecule has 0 fully saturated rings. The molecule has 0 unspecified atom stereocenters. The van der Waals surface area contributed by atoms with E-state index in [1.54, 1.807) is 18.2 Å². The van der Waals surface area contributed by atoms with Gasteiger partial charge in [-0.3, -0.25) is 0 Å². The zero-order valence-corrected chi connectivity index (χ0v) is 7.30. The quantitative estimate of drug-likeness (QED) is 0.729. The molecule has 2 rings (SSSR count). The topological polar surface area (TPSA) is 65.7 Å². The van der Waals surface area contributed by atoms with E-state index in [-0.39, 0.29) is 5.68 Å². The summed E-state index contributed by atoms with van der Waals surface area (Å²) in [5.74, 6) is 0.368. The molecule has 5 heteroatoms. The molecule has 0 aliphatic carbocycles. The molecule has 1 heterocycles. The van der Waals surface area contributed by atoms with Gasteiger partial charge in [0.1, 0.15) is 0 Å². The van der Waals surface area contributed by atoms with Gasteiger partial charge in [0.15, 0.2) is 0 Å². The third kappa shape index (κ3) is 1.62. The minimum atomic E-state index is -0.0741. The van der Waals surface area contributed by atoms with Gasteiger partial charge in [0.05, 0.1) is 0 Å². The maximum atomic E-state index is 7.10. The predicted octanol–water partition coefficient (Wildman–Crippen LogP) is 1.80. The Morgan fingerprint density at radius 1 is 1.46 bits per heavy atom.